The van der Waals surface area contributed by atoms with E-state index in [2.05, 4.69) is 5.32 Å². The number of hydrogen-bond acceptors (Lipinski definition) is 4. The Morgan fingerprint density at radius 1 is 0.966 bits per heavy atom. The molecule has 2 N–H and O–H groups in total. The number of ketones is 1. The maximum atomic E-state index is 12.9. The van der Waals surface area contributed by atoms with E-state index in [4.69, 9.17) is 0 Å². The summed E-state index contributed by atoms with van der Waals surface area (Å²) in [6.07, 6.45) is 2.26. The standard InChI is InChI=1S/C23H24N2O4/c26-20-8-4-3-7-19(20)23(29)25-13-11-15(12-14-25)24-22(28)18-9-10-21(27)17-6-2-1-5-16(17)18/h1-8,15,18,26H,9-14H2,(H,24,28). The van der Waals surface area contributed by atoms with Crippen LogP contribution < -0.4 is 5.32 Å². The van der Waals surface area contributed by atoms with Crippen molar-refractivity contribution in [3.8, 4) is 5.75 Å². The summed E-state index contributed by atoms with van der Waals surface area (Å²) in [5.74, 6) is -0.452. The van der Waals surface area contributed by atoms with E-state index >= 15 is 0 Å². The van der Waals surface area contributed by atoms with Crippen molar-refractivity contribution in [3.05, 3.63) is 65.2 Å². The summed E-state index contributed by atoms with van der Waals surface area (Å²) in [4.78, 5) is 39.3. The molecule has 1 unspecified atom stereocenters. The van der Waals surface area contributed by atoms with Gasteiger partial charge in [-0.25, -0.2) is 0 Å². The summed E-state index contributed by atoms with van der Waals surface area (Å²) in [5.41, 5.74) is 1.77. The predicted octanol–water partition coefficient (Wildman–Crippen LogP) is 2.87. The zero-order valence-electron chi connectivity index (χ0n) is 16.1. The highest BCUT2D eigenvalue weighted by Crippen LogP contribution is 2.32. The third-order valence-electron chi connectivity index (χ3n) is 5.88. The normalized spacial score (nSPS) is 19.5. The number of aromatic hydroxyl groups is 1. The van der Waals surface area contributed by atoms with Gasteiger partial charge < -0.3 is 15.3 Å². The molecule has 1 heterocycles. The fourth-order valence-electron chi connectivity index (χ4n) is 4.25. The van der Waals surface area contributed by atoms with Crippen LogP contribution in [0.5, 0.6) is 5.75 Å². The van der Waals surface area contributed by atoms with Gasteiger partial charge in [-0.2, -0.15) is 0 Å². The second-order valence-corrected chi connectivity index (χ2v) is 7.69. The molecule has 0 bridgehead atoms. The molecule has 6 nitrogen and oxygen atoms in total. The van der Waals surface area contributed by atoms with Gasteiger partial charge in [0, 0.05) is 31.1 Å². The summed E-state index contributed by atoms with van der Waals surface area (Å²) in [6.45, 7) is 1.05. The average molecular weight is 392 g/mol. The van der Waals surface area contributed by atoms with Crippen LogP contribution in [-0.4, -0.2) is 46.7 Å². The van der Waals surface area contributed by atoms with Crippen molar-refractivity contribution < 1.29 is 19.5 Å². The number of amides is 2. The van der Waals surface area contributed by atoms with Crippen LogP contribution >= 0.6 is 0 Å². The number of carbonyl (C=O) groups excluding carboxylic acids is 3. The van der Waals surface area contributed by atoms with Crippen LogP contribution in [0.4, 0.5) is 0 Å². The SMILES string of the molecule is O=C1CCC(C(=O)NC2CCN(C(=O)c3ccccc3O)CC2)c2ccccc21. The van der Waals surface area contributed by atoms with E-state index in [0.717, 1.165) is 5.56 Å². The molecule has 2 amide bonds. The maximum Gasteiger partial charge on any atom is 0.257 e. The van der Waals surface area contributed by atoms with Gasteiger partial charge in [-0.3, -0.25) is 14.4 Å². The third kappa shape index (κ3) is 3.88. The maximum absolute atomic E-state index is 12.9. The fourth-order valence-corrected chi connectivity index (χ4v) is 4.25. The minimum Gasteiger partial charge on any atom is -0.507 e. The molecular weight excluding hydrogens is 368 g/mol. The lowest BCUT2D eigenvalue weighted by Crippen LogP contribution is -2.47. The second kappa shape index (κ2) is 8.07. The van der Waals surface area contributed by atoms with E-state index in [1.165, 1.54) is 6.07 Å². The lowest BCUT2D eigenvalue weighted by Gasteiger charge is -2.34. The summed E-state index contributed by atoms with van der Waals surface area (Å²) < 4.78 is 0. The number of carbonyl (C=O) groups is 3. The number of nitrogens with zero attached hydrogens (tertiary/aromatic N) is 1. The first-order chi connectivity index (χ1) is 14.0. The molecule has 2 aliphatic rings. The van der Waals surface area contributed by atoms with E-state index in [1.54, 1.807) is 29.2 Å². The monoisotopic (exact) mass is 392 g/mol. The van der Waals surface area contributed by atoms with Crippen molar-refractivity contribution in [1.29, 1.82) is 0 Å². The highest BCUT2D eigenvalue weighted by molar-refractivity contribution is 6.01. The number of nitrogens with one attached hydrogen (secondary N) is 1. The molecule has 2 aromatic carbocycles. The topological polar surface area (TPSA) is 86.7 Å². The van der Waals surface area contributed by atoms with Gasteiger partial charge in [-0.1, -0.05) is 36.4 Å². The molecule has 0 aromatic heterocycles. The Labute approximate surface area is 169 Å². The average Bonchev–Trinajstić information content (AvgIpc) is 2.74. The number of hydrogen-bond donors (Lipinski definition) is 2. The highest BCUT2D eigenvalue weighted by Gasteiger charge is 2.32. The number of rotatable bonds is 3. The summed E-state index contributed by atoms with van der Waals surface area (Å²) in [5, 5.41) is 13.0. The molecule has 4 rings (SSSR count). The first-order valence-electron chi connectivity index (χ1n) is 10.0. The van der Waals surface area contributed by atoms with Gasteiger partial charge in [0.15, 0.2) is 5.78 Å². The molecule has 2 aromatic rings. The number of para-hydroxylation sites is 1. The summed E-state index contributed by atoms with van der Waals surface area (Å²) >= 11 is 0. The first-order valence-corrected chi connectivity index (χ1v) is 10.0. The number of phenolic OH excluding ortho intramolecular Hbond substituents is 1. The van der Waals surface area contributed by atoms with Crippen LogP contribution in [0.15, 0.2) is 48.5 Å². The number of phenols is 1. The van der Waals surface area contributed by atoms with Gasteiger partial charge in [0.25, 0.3) is 5.91 Å². The Hall–Kier alpha value is -3.15. The molecule has 1 aliphatic carbocycles. The van der Waals surface area contributed by atoms with Crippen molar-refractivity contribution in [3.63, 3.8) is 0 Å². The van der Waals surface area contributed by atoms with Gasteiger partial charge in [0.05, 0.1) is 11.5 Å². The van der Waals surface area contributed by atoms with Gasteiger partial charge in [0.1, 0.15) is 5.75 Å². The molecule has 1 saturated heterocycles. The number of likely N-dealkylation sites (tertiary alicyclic amines) is 1. The summed E-state index contributed by atoms with van der Waals surface area (Å²) in [7, 11) is 0. The Morgan fingerprint density at radius 3 is 2.41 bits per heavy atom. The Morgan fingerprint density at radius 2 is 1.66 bits per heavy atom. The van der Waals surface area contributed by atoms with Crippen molar-refractivity contribution in [2.45, 2.75) is 37.6 Å². The van der Waals surface area contributed by atoms with Crippen LogP contribution in [0.3, 0.4) is 0 Å². The lowest BCUT2D eigenvalue weighted by atomic mass is 9.81. The van der Waals surface area contributed by atoms with Crippen molar-refractivity contribution in [1.82, 2.24) is 10.2 Å². The molecule has 6 heteroatoms. The first kappa shape index (κ1) is 19.2. The Balaban J connectivity index is 1.36. The largest absolute Gasteiger partial charge is 0.507 e. The minimum absolute atomic E-state index is 0.000658. The molecule has 0 radical (unpaired) electrons. The van der Waals surface area contributed by atoms with Crippen molar-refractivity contribution >= 4 is 17.6 Å². The van der Waals surface area contributed by atoms with Gasteiger partial charge in [-0.15, -0.1) is 0 Å². The van der Waals surface area contributed by atoms with Crippen LogP contribution in [0.1, 0.15) is 57.9 Å². The molecular formula is C23H24N2O4. The molecule has 1 fully saturated rings. The highest BCUT2D eigenvalue weighted by atomic mass is 16.3. The van der Waals surface area contributed by atoms with Gasteiger partial charge in [0.2, 0.25) is 5.91 Å². The quantitative estimate of drug-likeness (QED) is 0.841. The Kier molecular flexibility index (Phi) is 5.34. The minimum atomic E-state index is -0.301. The number of benzene rings is 2. The van der Waals surface area contributed by atoms with Gasteiger partial charge >= 0.3 is 0 Å². The van der Waals surface area contributed by atoms with E-state index in [0.29, 0.717) is 49.9 Å². The van der Waals surface area contributed by atoms with Crippen LogP contribution in [0.2, 0.25) is 0 Å². The molecule has 0 saturated carbocycles. The molecule has 1 aliphatic heterocycles. The third-order valence-corrected chi connectivity index (χ3v) is 5.88. The molecule has 1 atom stereocenters. The number of fused-ring (bicyclic) bond motifs is 1. The Bertz CT molecular complexity index is 947. The zero-order chi connectivity index (χ0) is 20.4. The second-order valence-electron chi connectivity index (χ2n) is 7.69. The van der Waals surface area contributed by atoms with E-state index < -0.39 is 0 Å². The zero-order valence-corrected chi connectivity index (χ0v) is 16.1. The van der Waals surface area contributed by atoms with E-state index in [-0.39, 0.29) is 35.3 Å². The molecule has 29 heavy (non-hydrogen) atoms. The lowest BCUT2D eigenvalue weighted by molar-refractivity contribution is -0.123. The van der Waals surface area contributed by atoms with Crippen LogP contribution in [0.25, 0.3) is 0 Å². The fraction of sp³-hybridized carbons (Fsp3) is 0.348. The van der Waals surface area contributed by atoms with E-state index in [9.17, 15) is 19.5 Å². The molecule has 0 spiro atoms. The van der Waals surface area contributed by atoms with Crippen molar-refractivity contribution in [2.75, 3.05) is 13.1 Å². The van der Waals surface area contributed by atoms with E-state index in [1.807, 2.05) is 18.2 Å². The number of piperidine rings is 1. The van der Waals surface area contributed by atoms with Crippen LogP contribution in [0, 0.1) is 0 Å². The smallest absolute Gasteiger partial charge is 0.257 e. The van der Waals surface area contributed by atoms with Crippen molar-refractivity contribution in [2.24, 2.45) is 0 Å². The molecule has 150 valence electrons. The predicted molar refractivity (Wildman–Crippen MR) is 108 cm³/mol. The summed E-state index contributed by atoms with van der Waals surface area (Å²) in [6, 6.07) is 13.9. The van der Waals surface area contributed by atoms with Gasteiger partial charge in [-0.05, 0) is 37.0 Å². The number of Topliss-reactive ketones (excluding diaryl/α,β-unsaturated/α-hetero) is 1. The van der Waals surface area contributed by atoms with Crippen LogP contribution in [-0.2, 0) is 4.79 Å².